The molecule has 2 bridgehead atoms. The summed E-state index contributed by atoms with van der Waals surface area (Å²) < 4.78 is 17.6. The second-order valence-corrected chi connectivity index (χ2v) is 10.8. The molecule has 1 aromatic carbocycles. The molecule has 0 radical (unpaired) electrons. The van der Waals surface area contributed by atoms with Crippen LogP contribution in [0, 0.1) is 5.41 Å². The van der Waals surface area contributed by atoms with Gasteiger partial charge in [0.15, 0.2) is 0 Å². The summed E-state index contributed by atoms with van der Waals surface area (Å²) >= 11 is 0. The van der Waals surface area contributed by atoms with Crippen LogP contribution in [0.3, 0.4) is 0 Å². The van der Waals surface area contributed by atoms with Crippen LogP contribution in [0.2, 0.25) is 0 Å². The Hall–Kier alpha value is -3.79. The number of nitrogens with one attached hydrogen (secondary N) is 2. The predicted molar refractivity (Wildman–Crippen MR) is 136 cm³/mol. The maximum absolute atomic E-state index is 13.7. The van der Waals surface area contributed by atoms with Crippen molar-refractivity contribution < 1.29 is 4.39 Å². The van der Waals surface area contributed by atoms with E-state index < -0.39 is 5.67 Å². The Morgan fingerprint density at radius 1 is 1.11 bits per heavy atom. The van der Waals surface area contributed by atoms with Crippen molar-refractivity contribution in [2.45, 2.75) is 38.0 Å². The molecule has 0 saturated heterocycles. The van der Waals surface area contributed by atoms with E-state index in [2.05, 4.69) is 61.2 Å². The van der Waals surface area contributed by atoms with Crippen LogP contribution in [0.1, 0.15) is 30.5 Å². The molecule has 3 fully saturated rings. The molecule has 2 N–H and O–H groups in total. The van der Waals surface area contributed by atoms with Gasteiger partial charge < -0.3 is 14.6 Å². The zero-order valence-electron chi connectivity index (χ0n) is 20.4. The number of benzene rings is 1. The van der Waals surface area contributed by atoms with E-state index in [-0.39, 0.29) is 5.41 Å². The summed E-state index contributed by atoms with van der Waals surface area (Å²) in [5.74, 6) is 0. The van der Waals surface area contributed by atoms with Crippen LogP contribution < -0.4 is 10.2 Å². The number of halogens is 1. The second-order valence-electron chi connectivity index (χ2n) is 10.8. The van der Waals surface area contributed by atoms with Gasteiger partial charge in [0.25, 0.3) is 0 Å². The first-order chi connectivity index (χ1) is 17.4. The number of hydrogen-bond acceptors (Lipinski definition) is 6. The van der Waals surface area contributed by atoms with E-state index in [9.17, 15) is 4.39 Å². The summed E-state index contributed by atoms with van der Waals surface area (Å²) in [5.41, 5.74) is 5.94. The van der Waals surface area contributed by atoms with Gasteiger partial charge in [-0.05, 0) is 54.5 Å². The highest BCUT2D eigenvalue weighted by Crippen LogP contribution is 2.69. The fourth-order valence-corrected chi connectivity index (χ4v) is 5.92. The smallest absolute Gasteiger partial charge is 0.137 e. The van der Waals surface area contributed by atoms with Crippen LogP contribution in [0.15, 0.2) is 48.9 Å². The van der Waals surface area contributed by atoms with E-state index in [1.165, 1.54) is 5.56 Å². The van der Waals surface area contributed by atoms with Gasteiger partial charge in [-0.15, -0.1) is 5.10 Å². The van der Waals surface area contributed by atoms with Crippen molar-refractivity contribution in [3.8, 4) is 11.4 Å². The minimum absolute atomic E-state index is 0.217. The van der Waals surface area contributed by atoms with Crippen LogP contribution >= 0.6 is 0 Å². The van der Waals surface area contributed by atoms with Crippen LogP contribution in [-0.4, -0.2) is 60.9 Å². The Balaban J connectivity index is 1.04. The average Bonchev–Trinajstić information content (AvgIpc) is 3.54. The molecule has 4 aromatic heterocycles. The van der Waals surface area contributed by atoms with E-state index in [4.69, 9.17) is 4.98 Å². The van der Waals surface area contributed by atoms with Gasteiger partial charge in [-0.2, -0.15) is 5.10 Å². The van der Waals surface area contributed by atoms with Gasteiger partial charge >= 0.3 is 0 Å². The minimum Gasteiger partial charge on any atom is -0.378 e. The monoisotopic (exact) mass is 485 g/mol. The molecule has 0 amide bonds. The van der Waals surface area contributed by atoms with Crippen molar-refractivity contribution >= 4 is 22.2 Å². The van der Waals surface area contributed by atoms with E-state index in [0.29, 0.717) is 6.54 Å². The number of pyridine rings is 1. The zero-order chi connectivity index (χ0) is 24.5. The summed E-state index contributed by atoms with van der Waals surface area (Å²) in [6, 6.07) is 10.3. The lowest BCUT2D eigenvalue weighted by Crippen LogP contribution is -2.67. The number of hydrogen-bond donors (Lipinski definition) is 2. The minimum atomic E-state index is -0.833. The van der Waals surface area contributed by atoms with Gasteiger partial charge in [-0.1, -0.05) is 11.3 Å². The highest BCUT2D eigenvalue weighted by atomic mass is 19.1. The lowest BCUT2D eigenvalue weighted by Gasteiger charge is -2.66. The molecule has 36 heavy (non-hydrogen) atoms. The van der Waals surface area contributed by atoms with Gasteiger partial charge in [-0.3, -0.25) is 5.10 Å². The van der Waals surface area contributed by atoms with Gasteiger partial charge in [-0.25, -0.2) is 14.1 Å². The molecule has 3 aliphatic carbocycles. The third kappa shape index (κ3) is 3.55. The predicted octanol–water partition coefficient (Wildman–Crippen LogP) is 3.57. The Morgan fingerprint density at radius 2 is 1.97 bits per heavy atom. The number of rotatable bonds is 8. The maximum atomic E-state index is 13.7. The van der Waals surface area contributed by atoms with Gasteiger partial charge in [0, 0.05) is 50.7 Å². The third-order valence-electron chi connectivity index (χ3n) is 7.63. The number of H-pyrrole nitrogens is 1. The standard InChI is InChI=1S/C26H28FN9/c1-34(2)19-4-5-20-21(7-19)30-32-24(20)22-12-36(33-31-22)11-18-10-35-9-17(3-6-23(35)29-18)8-28-16-25-13-26(27,14-25)15-25/h3-7,9-10,12,28H,8,11,13-16H2,1-2H3,(H,30,32). The lowest BCUT2D eigenvalue weighted by atomic mass is 9.42. The molecule has 4 heterocycles. The van der Waals surface area contributed by atoms with Crippen LogP contribution in [0.5, 0.6) is 0 Å². The van der Waals surface area contributed by atoms with Gasteiger partial charge in [0.2, 0.25) is 0 Å². The van der Waals surface area contributed by atoms with Crippen LogP contribution in [-0.2, 0) is 13.1 Å². The quantitative estimate of drug-likeness (QED) is 0.349. The Labute approximate surface area is 207 Å². The van der Waals surface area contributed by atoms with Crippen molar-refractivity contribution in [3.63, 3.8) is 0 Å². The first-order valence-corrected chi connectivity index (χ1v) is 12.3. The van der Waals surface area contributed by atoms with Crippen molar-refractivity contribution in [1.29, 1.82) is 0 Å². The van der Waals surface area contributed by atoms with E-state index >= 15 is 0 Å². The summed E-state index contributed by atoms with van der Waals surface area (Å²) in [7, 11) is 4.03. The van der Waals surface area contributed by atoms with Crippen molar-refractivity contribution in [3.05, 3.63) is 60.2 Å². The van der Waals surface area contributed by atoms with Crippen molar-refractivity contribution in [2.24, 2.45) is 5.41 Å². The average molecular weight is 486 g/mol. The molecule has 9 nitrogen and oxygen atoms in total. The Kier molecular flexibility index (Phi) is 4.54. The Bertz CT molecular complexity index is 1570. The molecular formula is C26H28FN9. The highest BCUT2D eigenvalue weighted by molar-refractivity contribution is 5.93. The molecule has 5 aromatic rings. The number of alkyl halides is 1. The number of anilines is 1. The fraction of sp³-hybridized carbons (Fsp3) is 0.385. The fourth-order valence-electron chi connectivity index (χ4n) is 5.92. The van der Waals surface area contributed by atoms with Crippen molar-refractivity contribution in [1.82, 2.24) is 39.9 Å². The molecule has 3 aliphatic rings. The highest BCUT2D eigenvalue weighted by Gasteiger charge is 2.68. The van der Waals surface area contributed by atoms with Gasteiger partial charge in [0.1, 0.15) is 22.7 Å². The first kappa shape index (κ1) is 21.5. The van der Waals surface area contributed by atoms with Crippen molar-refractivity contribution in [2.75, 3.05) is 25.5 Å². The number of fused-ring (bicyclic) bond motifs is 2. The molecular weight excluding hydrogens is 457 g/mol. The van der Waals surface area contributed by atoms with E-state index in [0.717, 1.165) is 71.7 Å². The molecule has 0 atom stereocenters. The molecule has 3 saturated carbocycles. The molecule has 10 heteroatoms. The lowest BCUT2D eigenvalue weighted by molar-refractivity contribution is -0.209. The van der Waals surface area contributed by atoms with E-state index in [1.807, 2.05) is 37.0 Å². The number of nitrogens with zero attached hydrogens (tertiary/aromatic N) is 7. The summed E-state index contributed by atoms with van der Waals surface area (Å²) in [4.78, 5) is 6.80. The second kappa shape index (κ2) is 7.60. The third-order valence-corrected chi connectivity index (χ3v) is 7.63. The first-order valence-electron chi connectivity index (χ1n) is 12.3. The number of aromatic amines is 1. The zero-order valence-corrected chi connectivity index (χ0v) is 20.4. The number of aromatic nitrogens is 7. The molecule has 0 aliphatic heterocycles. The van der Waals surface area contributed by atoms with Crippen LogP contribution in [0.25, 0.3) is 27.9 Å². The topological polar surface area (TPSA) is 92.0 Å². The normalized spacial score (nSPS) is 22.6. The summed E-state index contributed by atoms with van der Waals surface area (Å²) in [5, 5.41) is 20.8. The summed E-state index contributed by atoms with van der Waals surface area (Å²) in [6.07, 6.45) is 8.22. The SMILES string of the molecule is CN(C)c1ccc2c(-c3cn(Cc4cn5cc(CNCC67CC(F)(C6)C7)ccc5n4)nn3)n[nH]c2c1. The summed E-state index contributed by atoms with van der Waals surface area (Å²) in [6.45, 7) is 2.18. The molecule has 8 rings (SSSR count). The largest absolute Gasteiger partial charge is 0.378 e. The molecule has 0 unspecified atom stereocenters. The van der Waals surface area contributed by atoms with Gasteiger partial charge in [0.05, 0.1) is 24.0 Å². The van der Waals surface area contributed by atoms with Crippen LogP contribution in [0.4, 0.5) is 10.1 Å². The van der Waals surface area contributed by atoms with E-state index in [1.54, 1.807) is 4.68 Å². The molecule has 184 valence electrons. The molecule has 0 spiro atoms. The maximum Gasteiger partial charge on any atom is 0.137 e. The Morgan fingerprint density at radius 3 is 2.78 bits per heavy atom. The number of imidazole rings is 1.